The predicted molar refractivity (Wildman–Crippen MR) is 68.9 cm³/mol. The molecule has 0 aliphatic rings. The van der Waals surface area contributed by atoms with Crippen molar-refractivity contribution in [3.05, 3.63) is 24.3 Å². The fraction of sp³-hybridized carbons (Fsp3) is 0.462. The van der Waals surface area contributed by atoms with Crippen LogP contribution in [0, 0.1) is 0 Å². The van der Waals surface area contributed by atoms with E-state index in [9.17, 15) is 4.79 Å². The van der Waals surface area contributed by atoms with Gasteiger partial charge >= 0.3 is 5.97 Å². The molecule has 0 fully saturated rings. The van der Waals surface area contributed by atoms with E-state index >= 15 is 0 Å². The Bertz CT molecular complexity index is 408. The fourth-order valence-electron chi connectivity index (χ4n) is 1.71. The molecule has 18 heavy (non-hydrogen) atoms. The van der Waals surface area contributed by atoms with Crippen molar-refractivity contribution in [3.63, 3.8) is 0 Å². The Morgan fingerprint density at radius 2 is 1.94 bits per heavy atom. The van der Waals surface area contributed by atoms with E-state index < -0.39 is 11.5 Å². The second-order valence-corrected chi connectivity index (χ2v) is 4.08. The first kappa shape index (κ1) is 14.3. The number of carbonyl (C=O) groups is 1. The van der Waals surface area contributed by atoms with E-state index in [-0.39, 0.29) is 6.61 Å². The van der Waals surface area contributed by atoms with E-state index in [0.717, 1.165) is 0 Å². The molecular weight excluding hydrogens is 234 g/mol. The van der Waals surface area contributed by atoms with E-state index in [1.165, 1.54) is 14.2 Å². The summed E-state index contributed by atoms with van der Waals surface area (Å²) < 4.78 is 15.1. The van der Waals surface area contributed by atoms with Crippen LogP contribution in [0.4, 0.5) is 5.69 Å². The average molecular weight is 253 g/mol. The summed E-state index contributed by atoms with van der Waals surface area (Å²) >= 11 is 0. The molecule has 0 spiro atoms. The topological polar surface area (TPSA) is 56.8 Å². The Labute approximate surface area is 107 Å². The first-order valence-corrected chi connectivity index (χ1v) is 5.56. The van der Waals surface area contributed by atoms with Crippen LogP contribution >= 0.6 is 0 Å². The van der Waals surface area contributed by atoms with Crippen molar-refractivity contribution in [1.82, 2.24) is 0 Å². The van der Waals surface area contributed by atoms with Crippen molar-refractivity contribution in [2.24, 2.45) is 0 Å². The van der Waals surface area contributed by atoms with Gasteiger partial charge in [-0.3, -0.25) is 0 Å². The van der Waals surface area contributed by atoms with Gasteiger partial charge in [-0.1, -0.05) is 12.1 Å². The lowest BCUT2D eigenvalue weighted by Gasteiger charge is -2.28. The van der Waals surface area contributed by atoms with Gasteiger partial charge in [-0.2, -0.15) is 0 Å². The van der Waals surface area contributed by atoms with Crippen molar-refractivity contribution >= 4 is 11.7 Å². The van der Waals surface area contributed by atoms with E-state index in [4.69, 9.17) is 14.2 Å². The molecule has 1 atom stereocenters. The molecule has 0 aromatic heterocycles. The summed E-state index contributed by atoms with van der Waals surface area (Å²) in [6.07, 6.45) is 0. The number of methoxy groups -OCH3 is 3. The Morgan fingerprint density at radius 1 is 1.28 bits per heavy atom. The standard InChI is InChI=1S/C13H19NO4/c1-13(9-16-2,12(15)18-4)14-10-7-5-6-8-11(10)17-3/h5-8,14H,9H2,1-4H3. The maximum Gasteiger partial charge on any atom is 0.333 e. The van der Waals surface area contributed by atoms with Crippen LogP contribution in [0.15, 0.2) is 24.3 Å². The molecule has 1 N–H and O–H groups in total. The van der Waals surface area contributed by atoms with Gasteiger partial charge in [0.15, 0.2) is 5.54 Å². The zero-order chi connectivity index (χ0) is 13.6. The van der Waals surface area contributed by atoms with Gasteiger partial charge in [0.25, 0.3) is 0 Å². The largest absolute Gasteiger partial charge is 0.495 e. The number of ether oxygens (including phenoxy) is 3. The van der Waals surface area contributed by atoms with Gasteiger partial charge in [-0.25, -0.2) is 4.79 Å². The maximum absolute atomic E-state index is 11.8. The molecule has 5 heteroatoms. The Balaban J connectivity index is 2.99. The van der Waals surface area contributed by atoms with Gasteiger partial charge in [0.05, 0.1) is 26.5 Å². The summed E-state index contributed by atoms with van der Waals surface area (Å²) in [7, 11) is 4.46. The number of hydrogen-bond acceptors (Lipinski definition) is 5. The Kier molecular flexibility index (Phi) is 4.97. The lowest BCUT2D eigenvalue weighted by molar-refractivity contribution is -0.147. The van der Waals surface area contributed by atoms with Crippen LogP contribution in [0.25, 0.3) is 0 Å². The first-order chi connectivity index (χ1) is 8.57. The lowest BCUT2D eigenvalue weighted by Crippen LogP contribution is -2.48. The SMILES string of the molecule is COCC(C)(Nc1ccccc1OC)C(=O)OC. The fourth-order valence-corrected chi connectivity index (χ4v) is 1.71. The van der Waals surface area contributed by atoms with Crippen molar-refractivity contribution in [2.75, 3.05) is 33.3 Å². The molecule has 0 amide bonds. The third kappa shape index (κ3) is 3.13. The molecular formula is C13H19NO4. The van der Waals surface area contributed by atoms with E-state index in [2.05, 4.69) is 5.32 Å². The van der Waals surface area contributed by atoms with Crippen LogP contribution < -0.4 is 10.1 Å². The van der Waals surface area contributed by atoms with Crippen molar-refractivity contribution in [1.29, 1.82) is 0 Å². The summed E-state index contributed by atoms with van der Waals surface area (Å²) in [5.74, 6) is 0.263. The number of carbonyl (C=O) groups excluding carboxylic acids is 1. The normalized spacial score (nSPS) is 13.6. The molecule has 0 aliphatic carbocycles. The van der Waals surface area contributed by atoms with Crippen LogP contribution in [0.2, 0.25) is 0 Å². The van der Waals surface area contributed by atoms with Crippen molar-refractivity contribution < 1.29 is 19.0 Å². The molecule has 1 unspecified atom stereocenters. The van der Waals surface area contributed by atoms with Gasteiger partial charge in [0, 0.05) is 7.11 Å². The average Bonchev–Trinajstić information content (AvgIpc) is 2.38. The number of esters is 1. The van der Waals surface area contributed by atoms with Crippen LogP contribution in [-0.2, 0) is 14.3 Å². The van der Waals surface area contributed by atoms with Gasteiger partial charge in [0.1, 0.15) is 5.75 Å². The first-order valence-electron chi connectivity index (χ1n) is 5.56. The Morgan fingerprint density at radius 3 is 2.50 bits per heavy atom. The van der Waals surface area contributed by atoms with Crippen LogP contribution in [0.1, 0.15) is 6.92 Å². The molecule has 0 bridgehead atoms. The number of para-hydroxylation sites is 2. The summed E-state index contributed by atoms with van der Waals surface area (Å²) in [6.45, 7) is 1.91. The van der Waals surface area contributed by atoms with Gasteiger partial charge < -0.3 is 19.5 Å². The highest BCUT2D eigenvalue weighted by atomic mass is 16.5. The molecule has 5 nitrogen and oxygen atoms in total. The number of hydrogen-bond donors (Lipinski definition) is 1. The molecule has 0 aliphatic heterocycles. The van der Waals surface area contributed by atoms with Gasteiger partial charge in [0.2, 0.25) is 0 Å². The highest BCUT2D eigenvalue weighted by molar-refractivity contribution is 5.84. The second-order valence-electron chi connectivity index (χ2n) is 4.08. The molecule has 1 aromatic rings. The maximum atomic E-state index is 11.8. The highest BCUT2D eigenvalue weighted by Crippen LogP contribution is 2.27. The lowest BCUT2D eigenvalue weighted by atomic mass is 10.0. The molecule has 0 saturated carbocycles. The Hall–Kier alpha value is -1.75. The summed E-state index contributed by atoms with van der Waals surface area (Å²) in [4.78, 5) is 11.8. The predicted octanol–water partition coefficient (Wildman–Crippen LogP) is 1.69. The smallest absolute Gasteiger partial charge is 0.333 e. The van der Waals surface area contributed by atoms with Crippen molar-refractivity contribution in [3.8, 4) is 5.75 Å². The number of benzene rings is 1. The highest BCUT2D eigenvalue weighted by Gasteiger charge is 2.35. The van der Waals surface area contributed by atoms with Crippen LogP contribution in [-0.4, -0.2) is 39.4 Å². The monoisotopic (exact) mass is 253 g/mol. The molecule has 0 heterocycles. The van der Waals surface area contributed by atoms with E-state index in [0.29, 0.717) is 11.4 Å². The molecule has 100 valence electrons. The zero-order valence-corrected chi connectivity index (χ0v) is 11.1. The second kappa shape index (κ2) is 6.26. The summed E-state index contributed by atoms with van der Waals surface area (Å²) in [5, 5.41) is 3.10. The quantitative estimate of drug-likeness (QED) is 0.782. The van der Waals surface area contributed by atoms with Crippen LogP contribution in [0.5, 0.6) is 5.75 Å². The minimum atomic E-state index is -0.960. The van der Waals surface area contributed by atoms with E-state index in [1.807, 2.05) is 24.3 Å². The van der Waals surface area contributed by atoms with Gasteiger partial charge in [-0.15, -0.1) is 0 Å². The molecule has 0 saturated heterocycles. The minimum absolute atomic E-state index is 0.192. The summed E-state index contributed by atoms with van der Waals surface area (Å²) in [6, 6.07) is 7.35. The molecule has 0 radical (unpaired) electrons. The number of nitrogens with one attached hydrogen (secondary N) is 1. The minimum Gasteiger partial charge on any atom is -0.495 e. The summed E-state index contributed by atoms with van der Waals surface area (Å²) in [5.41, 5.74) is -0.247. The van der Waals surface area contributed by atoms with Crippen LogP contribution in [0.3, 0.4) is 0 Å². The zero-order valence-electron chi connectivity index (χ0n) is 11.1. The van der Waals surface area contributed by atoms with Crippen molar-refractivity contribution in [2.45, 2.75) is 12.5 Å². The third-order valence-corrected chi connectivity index (χ3v) is 2.59. The third-order valence-electron chi connectivity index (χ3n) is 2.59. The molecule has 1 aromatic carbocycles. The number of anilines is 1. The molecule has 1 rings (SSSR count). The number of rotatable bonds is 6. The van der Waals surface area contributed by atoms with Gasteiger partial charge in [-0.05, 0) is 19.1 Å². The van der Waals surface area contributed by atoms with E-state index in [1.54, 1.807) is 14.0 Å².